The maximum atomic E-state index is 11.1. The van der Waals surface area contributed by atoms with Crippen LogP contribution in [0.15, 0.2) is 121 Å². The van der Waals surface area contributed by atoms with Crippen LogP contribution in [0.5, 0.6) is 23.0 Å². The molecule has 4 saturated heterocycles. The highest BCUT2D eigenvalue weighted by molar-refractivity contribution is 6.00. The number of rotatable bonds is 16. The first-order valence-electron chi connectivity index (χ1n) is 30.8. The van der Waals surface area contributed by atoms with Crippen LogP contribution in [0.3, 0.4) is 0 Å². The lowest BCUT2D eigenvalue weighted by molar-refractivity contribution is -0.277. The Hall–Kier alpha value is -8.12. The number of aromatic nitrogens is 4. The van der Waals surface area contributed by atoms with Gasteiger partial charge in [0, 0.05) is 44.3 Å². The maximum Gasteiger partial charge on any atom is 0.229 e. The standard InChI is InChI=1S/C68H70N4O24/c73-25-45-53(77)57(81)61(85)65(93-45)89-33-9-1-5-29(21-33)49-37-13-15-39(69-37)50(30-6-2-10-34(22-30)90-66-62(86)58(82)54(78)46(26-74)94-66)41-17-19-43(71-41)52(32-8-4-12-36(24-32)92-68-64(88)60(84)56(80)48(28-76)96-68)44-20-18-42(72-44)51(40-16-14-38(49)70-40)31-7-3-11-35(23-31)91-67-63(87)59(83)55(79)47(27-75)95-67/h1-24,45-48,53-69,72-88H,25-28H2/t45-,46-,47-,48-,53-,54-,55-,56-,57+,58+,59+,60+,61-,62-,63-,64-,65?,66?,67?,68?/m1/s1. The summed E-state index contributed by atoms with van der Waals surface area (Å²) in [7, 11) is 0. The minimum Gasteiger partial charge on any atom is -0.462 e. The maximum absolute atomic E-state index is 11.1. The highest BCUT2D eigenvalue weighted by atomic mass is 16.7. The SMILES string of the molecule is OC[C@H]1OC(Oc2cccc(-c3c4nc(c(-c5cccc(OC6O[C@H](CO)[C@@H](O)[C@H](O)[C@H]6O)c5)c5ccc([nH]5)c(-c5cccc(OC6O[C@H](CO)[C@@H](O)[C@H](O)[C@H]6O)c5)c5nc(c(-c6cccc(OC7O[C@H](CO)[C@@H](O)[C@H](O)[C@H]7O)c6)c6ccc3[nH]6)C=C5)C=C4)c2)[C@H](O)[C@@H](O)[C@@H]1O. The smallest absolute Gasteiger partial charge is 0.229 e. The van der Waals surface area contributed by atoms with Crippen molar-refractivity contribution >= 4 is 46.4 Å². The summed E-state index contributed by atoms with van der Waals surface area (Å²) in [5.74, 6) is 0.528. The van der Waals surface area contributed by atoms with Crippen LogP contribution in [0.2, 0.25) is 0 Å². The molecule has 28 nitrogen and oxygen atoms in total. The molecule has 13 rings (SSSR count). The zero-order valence-electron chi connectivity index (χ0n) is 50.5. The van der Waals surface area contributed by atoms with Crippen molar-refractivity contribution in [1.29, 1.82) is 0 Å². The Morgan fingerprint density at radius 1 is 0.292 bits per heavy atom. The first kappa shape index (κ1) is 66.5. The summed E-state index contributed by atoms with van der Waals surface area (Å²) in [6.45, 7) is -2.79. The lowest BCUT2D eigenvalue weighted by Gasteiger charge is -2.39. The molecule has 0 aliphatic carbocycles. The number of hydrogen-bond donors (Lipinski definition) is 18. The Labute approximate surface area is 544 Å². The van der Waals surface area contributed by atoms with Gasteiger partial charge in [-0.05, 0) is 119 Å². The molecule has 3 aromatic heterocycles. The molecule has 8 bridgehead atoms. The minimum absolute atomic E-state index is 0.132. The molecule has 18 N–H and O–H groups in total. The predicted octanol–water partition coefficient (Wildman–Crippen LogP) is 0.0384. The number of fused-ring (bicyclic) bond motifs is 8. The van der Waals surface area contributed by atoms with E-state index >= 15 is 0 Å². The molecule has 0 saturated carbocycles. The van der Waals surface area contributed by atoms with Crippen molar-refractivity contribution in [3.8, 4) is 67.5 Å². The summed E-state index contributed by atoms with van der Waals surface area (Å²) in [5, 5.41) is 169. The van der Waals surface area contributed by atoms with E-state index in [2.05, 4.69) is 9.97 Å². The first-order chi connectivity index (χ1) is 46.3. The average molecular weight is 1330 g/mol. The van der Waals surface area contributed by atoms with Crippen LogP contribution in [0, 0.1) is 0 Å². The fourth-order valence-electron chi connectivity index (χ4n) is 12.5. The third kappa shape index (κ3) is 12.8. The molecule has 20 atom stereocenters. The molecular formula is C68H70N4O24. The monoisotopic (exact) mass is 1330 g/mol. The Balaban J connectivity index is 1.03. The highest BCUT2D eigenvalue weighted by Crippen LogP contribution is 2.42. The lowest BCUT2D eigenvalue weighted by atomic mass is 9.99. The summed E-state index contributed by atoms with van der Waals surface area (Å²) in [6, 6.07) is 33.9. The van der Waals surface area contributed by atoms with Crippen molar-refractivity contribution in [3.63, 3.8) is 0 Å². The highest BCUT2D eigenvalue weighted by Gasteiger charge is 2.48. The van der Waals surface area contributed by atoms with Crippen molar-refractivity contribution in [2.24, 2.45) is 0 Å². The molecule has 0 spiro atoms. The quantitative estimate of drug-likeness (QED) is 0.0607. The molecule has 6 aliphatic heterocycles. The second kappa shape index (κ2) is 27.8. The number of aromatic amines is 2. The van der Waals surface area contributed by atoms with Gasteiger partial charge in [0.1, 0.15) is 121 Å². The lowest BCUT2D eigenvalue weighted by Crippen LogP contribution is -2.60. The van der Waals surface area contributed by atoms with Gasteiger partial charge < -0.3 is 130 Å². The third-order valence-electron chi connectivity index (χ3n) is 17.6. The molecule has 9 heterocycles. The second-order valence-electron chi connectivity index (χ2n) is 23.9. The number of nitrogens with zero attached hydrogens (tertiary/aromatic N) is 2. The van der Waals surface area contributed by atoms with E-state index in [1.54, 1.807) is 146 Å². The van der Waals surface area contributed by atoms with Gasteiger partial charge in [0.15, 0.2) is 0 Å². The van der Waals surface area contributed by atoms with Crippen LogP contribution >= 0.6 is 0 Å². The van der Waals surface area contributed by atoms with Gasteiger partial charge >= 0.3 is 0 Å². The van der Waals surface area contributed by atoms with Crippen LogP contribution in [-0.4, -0.2) is 251 Å². The van der Waals surface area contributed by atoms with Crippen LogP contribution in [0.25, 0.3) is 90.9 Å². The van der Waals surface area contributed by atoms with Crippen LogP contribution in [-0.2, 0) is 18.9 Å². The van der Waals surface area contributed by atoms with E-state index in [1.165, 1.54) is 0 Å². The molecule has 6 aliphatic rings. The third-order valence-corrected chi connectivity index (χ3v) is 17.6. The summed E-state index contributed by atoms with van der Waals surface area (Å²) in [6.07, 6.45) is -24.7. The Bertz CT molecular complexity index is 3680. The fourth-order valence-corrected chi connectivity index (χ4v) is 12.5. The summed E-state index contributed by atoms with van der Waals surface area (Å²) in [4.78, 5) is 17.9. The fraction of sp³-hybridized carbons (Fsp3) is 0.353. The predicted molar refractivity (Wildman–Crippen MR) is 338 cm³/mol. The first-order valence-corrected chi connectivity index (χ1v) is 30.8. The van der Waals surface area contributed by atoms with Crippen LogP contribution in [0.4, 0.5) is 0 Å². The number of benzene rings is 4. The van der Waals surface area contributed by atoms with Gasteiger partial charge in [-0.1, -0.05) is 48.5 Å². The number of ether oxygens (including phenoxy) is 8. The van der Waals surface area contributed by atoms with E-state index < -0.39 is 149 Å². The molecule has 4 unspecified atom stereocenters. The number of aliphatic hydroxyl groups is 16. The average Bonchev–Trinajstić information content (AvgIpc) is 1.62. The number of aliphatic hydroxyl groups excluding tert-OH is 16. The molecule has 4 fully saturated rings. The molecule has 0 amide bonds. The van der Waals surface area contributed by atoms with Gasteiger partial charge in [0.25, 0.3) is 0 Å². The van der Waals surface area contributed by atoms with Gasteiger partial charge in [0.05, 0.1) is 49.2 Å². The number of H-pyrrole nitrogens is 2. The van der Waals surface area contributed by atoms with Crippen molar-refractivity contribution in [2.45, 2.75) is 123 Å². The second-order valence-corrected chi connectivity index (χ2v) is 23.9. The van der Waals surface area contributed by atoms with Gasteiger partial charge in [-0.15, -0.1) is 0 Å². The van der Waals surface area contributed by atoms with Crippen molar-refractivity contribution in [1.82, 2.24) is 19.9 Å². The molecule has 0 radical (unpaired) electrons. The number of nitrogens with one attached hydrogen (secondary N) is 2. The summed E-state index contributed by atoms with van der Waals surface area (Å²) in [5.41, 5.74) is 7.20. The van der Waals surface area contributed by atoms with Gasteiger partial charge in [-0.25, -0.2) is 9.97 Å². The van der Waals surface area contributed by atoms with E-state index in [9.17, 15) is 81.7 Å². The topological polar surface area (TPSA) is 455 Å². The summed E-state index contributed by atoms with van der Waals surface area (Å²) >= 11 is 0. The summed E-state index contributed by atoms with van der Waals surface area (Å²) < 4.78 is 47.6. The van der Waals surface area contributed by atoms with E-state index in [0.29, 0.717) is 89.4 Å². The van der Waals surface area contributed by atoms with Crippen molar-refractivity contribution < 1.29 is 120 Å². The largest absolute Gasteiger partial charge is 0.462 e. The molecule has 506 valence electrons. The van der Waals surface area contributed by atoms with E-state index in [4.69, 9.17) is 47.9 Å². The molecule has 4 aromatic carbocycles. The van der Waals surface area contributed by atoms with Gasteiger partial charge in [0.2, 0.25) is 25.2 Å². The van der Waals surface area contributed by atoms with Gasteiger partial charge in [-0.3, -0.25) is 0 Å². The van der Waals surface area contributed by atoms with E-state index in [0.717, 1.165) is 0 Å². The van der Waals surface area contributed by atoms with Crippen LogP contribution in [0.1, 0.15) is 22.8 Å². The molecular weight excluding hydrogens is 1260 g/mol. The Kier molecular flexibility index (Phi) is 19.2. The Morgan fingerprint density at radius 3 is 0.719 bits per heavy atom. The van der Waals surface area contributed by atoms with Crippen molar-refractivity contribution in [3.05, 3.63) is 144 Å². The number of hydrogen-bond acceptors (Lipinski definition) is 26. The van der Waals surface area contributed by atoms with E-state index in [-0.39, 0.29) is 23.0 Å². The van der Waals surface area contributed by atoms with E-state index in [1.807, 2.05) is 0 Å². The zero-order chi connectivity index (χ0) is 67.4. The van der Waals surface area contributed by atoms with Crippen LogP contribution < -0.4 is 18.9 Å². The van der Waals surface area contributed by atoms with Crippen molar-refractivity contribution in [2.75, 3.05) is 26.4 Å². The molecule has 7 aromatic rings. The zero-order valence-corrected chi connectivity index (χ0v) is 50.5. The Morgan fingerprint density at radius 2 is 0.510 bits per heavy atom. The minimum atomic E-state index is -1.74. The normalized spacial score (nSPS) is 31.2. The molecule has 28 heteroatoms. The van der Waals surface area contributed by atoms with Gasteiger partial charge in [-0.2, -0.15) is 0 Å². The molecule has 96 heavy (non-hydrogen) atoms.